The number of rotatable bonds is 7. The zero-order valence-electron chi connectivity index (χ0n) is 19.2. The number of imide groups is 1. The molecule has 0 spiro atoms. The predicted molar refractivity (Wildman–Crippen MR) is 138 cm³/mol. The highest BCUT2D eigenvalue weighted by Crippen LogP contribution is 2.35. The van der Waals surface area contributed by atoms with E-state index in [1.54, 1.807) is 31.2 Å². The summed E-state index contributed by atoms with van der Waals surface area (Å²) < 4.78 is 11.6. The Kier molecular flexibility index (Phi) is 6.30. The lowest BCUT2D eigenvalue weighted by molar-refractivity contribution is -0.384. The molecular formula is C27H20N2O6S. The SMILES string of the molecule is Cc1ccc(-c2ccc(/C=C3\SC(=O)N(CCOc4cccc5ccccc45)C3=O)o2)c([N+](=O)[O-])c1. The number of nitro groups is 1. The Hall–Kier alpha value is -4.37. The van der Waals surface area contributed by atoms with Crippen LogP contribution in [0, 0.1) is 17.0 Å². The van der Waals surface area contributed by atoms with Gasteiger partial charge in [0.2, 0.25) is 0 Å². The van der Waals surface area contributed by atoms with Gasteiger partial charge in [-0.3, -0.25) is 24.6 Å². The molecule has 3 aromatic carbocycles. The third-order valence-corrected chi connectivity index (χ3v) is 6.62. The molecule has 0 unspecified atom stereocenters. The van der Waals surface area contributed by atoms with Gasteiger partial charge < -0.3 is 9.15 Å². The van der Waals surface area contributed by atoms with Crippen molar-refractivity contribution in [3.05, 3.63) is 99.1 Å². The Morgan fingerprint density at radius 1 is 1.06 bits per heavy atom. The molecule has 8 nitrogen and oxygen atoms in total. The van der Waals surface area contributed by atoms with Crippen LogP contribution in [0.5, 0.6) is 5.75 Å². The normalized spacial score (nSPS) is 14.7. The largest absolute Gasteiger partial charge is 0.491 e. The molecule has 1 aliphatic rings. The van der Waals surface area contributed by atoms with Gasteiger partial charge in [0.25, 0.3) is 16.8 Å². The van der Waals surface area contributed by atoms with Crippen molar-refractivity contribution in [1.82, 2.24) is 4.90 Å². The summed E-state index contributed by atoms with van der Waals surface area (Å²) in [7, 11) is 0. The number of benzene rings is 3. The van der Waals surface area contributed by atoms with Crippen LogP contribution in [0.4, 0.5) is 10.5 Å². The Morgan fingerprint density at radius 3 is 2.69 bits per heavy atom. The lowest BCUT2D eigenvalue weighted by Gasteiger charge is -2.14. The van der Waals surface area contributed by atoms with Crippen LogP contribution in [0.25, 0.3) is 28.2 Å². The summed E-state index contributed by atoms with van der Waals surface area (Å²) in [5, 5.41) is 13.0. The molecular weight excluding hydrogens is 480 g/mol. The quantitative estimate of drug-likeness (QED) is 0.164. The summed E-state index contributed by atoms with van der Waals surface area (Å²) >= 11 is 0.815. The minimum Gasteiger partial charge on any atom is -0.491 e. The number of thioether (sulfide) groups is 1. The second-order valence-corrected chi connectivity index (χ2v) is 9.13. The van der Waals surface area contributed by atoms with Crippen LogP contribution in [0.15, 0.2) is 82.1 Å². The number of hydrogen-bond donors (Lipinski definition) is 0. The summed E-state index contributed by atoms with van der Waals surface area (Å²) in [6.07, 6.45) is 1.47. The van der Waals surface area contributed by atoms with Crippen molar-refractivity contribution >= 4 is 45.4 Å². The van der Waals surface area contributed by atoms with Gasteiger partial charge in [0.05, 0.1) is 21.9 Å². The lowest BCUT2D eigenvalue weighted by Crippen LogP contribution is -2.32. The summed E-state index contributed by atoms with van der Waals surface area (Å²) in [4.78, 5) is 37.7. The molecule has 36 heavy (non-hydrogen) atoms. The molecule has 5 rings (SSSR count). The van der Waals surface area contributed by atoms with E-state index < -0.39 is 16.1 Å². The minimum absolute atomic E-state index is 0.0672. The van der Waals surface area contributed by atoms with E-state index in [0.717, 1.165) is 33.0 Å². The van der Waals surface area contributed by atoms with Gasteiger partial charge in [-0.15, -0.1) is 0 Å². The summed E-state index contributed by atoms with van der Waals surface area (Å²) in [6.45, 7) is 2.03. The third kappa shape index (κ3) is 4.60. The molecule has 0 saturated carbocycles. The van der Waals surface area contributed by atoms with E-state index in [0.29, 0.717) is 22.8 Å². The topological polar surface area (TPSA) is 103 Å². The third-order valence-electron chi connectivity index (χ3n) is 5.71. The Bertz CT molecular complexity index is 1540. The molecule has 4 aromatic rings. The van der Waals surface area contributed by atoms with Crippen LogP contribution in [-0.2, 0) is 4.79 Å². The molecule has 1 aliphatic heterocycles. The van der Waals surface area contributed by atoms with Crippen molar-refractivity contribution in [2.45, 2.75) is 6.92 Å². The Balaban J connectivity index is 1.28. The van der Waals surface area contributed by atoms with Gasteiger partial charge in [-0.05, 0) is 53.9 Å². The standard InChI is InChI=1S/C27H20N2O6S/c1-17-9-11-21(22(15-17)29(32)33)24-12-10-19(35-24)16-25-26(30)28(27(31)36-25)13-14-34-23-8-4-6-18-5-2-3-7-20(18)23/h2-12,15-16H,13-14H2,1H3/b25-16-. The smallest absolute Gasteiger partial charge is 0.293 e. The van der Waals surface area contributed by atoms with Crippen molar-refractivity contribution in [2.75, 3.05) is 13.2 Å². The van der Waals surface area contributed by atoms with Crippen LogP contribution in [0.1, 0.15) is 11.3 Å². The zero-order valence-corrected chi connectivity index (χ0v) is 20.0. The highest BCUT2D eigenvalue weighted by molar-refractivity contribution is 8.18. The average molecular weight is 501 g/mol. The fourth-order valence-electron chi connectivity index (χ4n) is 3.97. The van der Waals surface area contributed by atoms with Gasteiger partial charge >= 0.3 is 0 Å². The first-order valence-corrected chi connectivity index (χ1v) is 11.9. The molecule has 180 valence electrons. The van der Waals surface area contributed by atoms with Crippen LogP contribution in [-0.4, -0.2) is 34.1 Å². The first kappa shape index (κ1) is 23.4. The summed E-state index contributed by atoms with van der Waals surface area (Å²) in [5.41, 5.74) is 1.03. The minimum atomic E-state index is -0.462. The molecule has 1 aromatic heterocycles. The number of carbonyl (C=O) groups is 2. The number of hydrogen-bond acceptors (Lipinski definition) is 7. The molecule has 0 N–H and O–H groups in total. The highest BCUT2D eigenvalue weighted by Gasteiger charge is 2.35. The number of aryl methyl sites for hydroxylation is 1. The second kappa shape index (κ2) is 9.71. The van der Waals surface area contributed by atoms with Crippen molar-refractivity contribution in [1.29, 1.82) is 0 Å². The predicted octanol–water partition coefficient (Wildman–Crippen LogP) is 6.43. The number of nitrogens with zero attached hydrogens (tertiary/aromatic N) is 2. The molecule has 0 bridgehead atoms. The number of nitro benzene ring substituents is 1. The van der Waals surface area contributed by atoms with Gasteiger partial charge in [-0.2, -0.15) is 0 Å². The fourth-order valence-corrected chi connectivity index (χ4v) is 4.81. The maximum atomic E-state index is 12.9. The summed E-state index contributed by atoms with van der Waals surface area (Å²) in [6, 6.07) is 21.6. The molecule has 2 amide bonds. The van der Waals surface area contributed by atoms with Crippen LogP contribution in [0.2, 0.25) is 0 Å². The first-order valence-electron chi connectivity index (χ1n) is 11.1. The second-order valence-electron chi connectivity index (χ2n) is 8.14. The van der Waals surface area contributed by atoms with Gasteiger partial charge in [0.15, 0.2) is 0 Å². The number of furan rings is 1. The number of fused-ring (bicyclic) bond motifs is 1. The number of ether oxygens (including phenoxy) is 1. The molecule has 0 aliphatic carbocycles. The highest BCUT2D eigenvalue weighted by atomic mass is 32.2. The van der Waals surface area contributed by atoms with E-state index in [1.807, 2.05) is 42.5 Å². The molecule has 0 radical (unpaired) electrons. The van der Waals surface area contributed by atoms with E-state index >= 15 is 0 Å². The van der Waals surface area contributed by atoms with E-state index in [-0.39, 0.29) is 23.7 Å². The van der Waals surface area contributed by atoms with Gasteiger partial charge in [0.1, 0.15) is 23.9 Å². The Labute approximate surface area is 210 Å². The summed E-state index contributed by atoms with van der Waals surface area (Å²) in [5.74, 6) is 0.864. The average Bonchev–Trinajstić information content (AvgIpc) is 3.44. The molecule has 9 heteroatoms. The van der Waals surface area contributed by atoms with Crippen molar-refractivity contribution in [2.24, 2.45) is 0 Å². The maximum Gasteiger partial charge on any atom is 0.293 e. The van der Waals surface area contributed by atoms with Gasteiger partial charge in [-0.25, -0.2) is 0 Å². The Morgan fingerprint density at radius 2 is 1.86 bits per heavy atom. The van der Waals surface area contributed by atoms with E-state index in [4.69, 9.17) is 9.15 Å². The molecule has 1 saturated heterocycles. The van der Waals surface area contributed by atoms with Crippen molar-refractivity contribution < 1.29 is 23.7 Å². The molecule has 1 fully saturated rings. The monoisotopic (exact) mass is 500 g/mol. The van der Waals surface area contributed by atoms with Gasteiger partial charge in [-0.1, -0.05) is 42.5 Å². The van der Waals surface area contributed by atoms with E-state index in [1.165, 1.54) is 12.1 Å². The number of carbonyl (C=O) groups excluding carboxylic acids is 2. The van der Waals surface area contributed by atoms with Crippen LogP contribution >= 0.6 is 11.8 Å². The fraction of sp³-hybridized carbons (Fsp3) is 0.111. The van der Waals surface area contributed by atoms with Crippen molar-refractivity contribution in [3.63, 3.8) is 0 Å². The van der Waals surface area contributed by atoms with Gasteiger partial charge in [0, 0.05) is 17.5 Å². The lowest BCUT2D eigenvalue weighted by atomic mass is 10.1. The van der Waals surface area contributed by atoms with Crippen molar-refractivity contribution in [3.8, 4) is 17.1 Å². The van der Waals surface area contributed by atoms with E-state index in [9.17, 15) is 19.7 Å². The maximum absolute atomic E-state index is 12.9. The van der Waals surface area contributed by atoms with Crippen LogP contribution < -0.4 is 4.74 Å². The molecule has 2 heterocycles. The molecule has 0 atom stereocenters. The van der Waals surface area contributed by atoms with Crippen LogP contribution in [0.3, 0.4) is 0 Å². The number of amides is 2. The first-order chi connectivity index (χ1) is 17.4. The zero-order chi connectivity index (χ0) is 25.2. The van der Waals surface area contributed by atoms with E-state index in [2.05, 4.69) is 0 Å².